The highest BCUT2D eigenvalue weighted by Gasteiger charge is 2.28. The minimum absolute atomic E-state index is 0. The lowest BCUT2D eigenvalue weighted by atomic mass is 9.93. The Hall–Kier alpha value is -1.06. The first-order chi connectivity index (χ1) is 10.2. The van der Waals surface area contributed by atoms with Crippen molar-refractivity contribution in [3.63, 3.8) is 0 Å². The molecule has 0 heterocycles. The molecule has 0 aromatic heterocycles. The summed E-state index contributed by atoms with van der Waals surface area (Å²) in [5.74, 6) is 0.132. The Morgan fingerprint density at radius 2 is 1.86 bits per heavy atom. The van der Waals surface area contributed by atoms with E-state index in [1.165, 1.54) is 24.8 Å². The summed E-state index contributed by atoms with van der Waals surface area (Å²) in [6.45, 7) is 2.77. The fourth-order valence-electron chi connectivity index (χ4n) is 3.21. The minimum Gasteiger partial charge on any atom is -0.334 e. The van der Waals surface area contributed by atoms with Crippen molar-refractivity contribution in [2.75, 3.05) is 0 Å². The number of hydrogen-bond acceptors (Lipinski definition) is 2. The molecule has 0 spiro atoms. The molecule has 3 nitrogen and oxygen atoms in total. The Morgan fingerprint density at radius 1 is 1.23 bits per heavy atom. The summed E-state index contributed by atoms with van der Waals surface area (Å²) in [6.07, 6.45) is 7.73. The van der Waals surface area contributed by atoms with Crippen LogP contribution in [0, 0.1) is 0 Å². The molecule has 1 aromatic carbocycles. The van der Waals surface area contributed by atoms with E-state index in [0.717, 1.165) is 25.7 Å². The normalized spacial score (nSPS) is 16.6. The van der Waals surface area contributed by atoms with Crippen molar-refractivity contribution < 1.29 is 4.79 Å². The number of hydrogen-bond donors (Lipinski definition) is 1. The third-order valence-corrected chi connectivity index (χ3v) is 4.41. The Balaban J connectivity index is 0.00000242. The number of nitrogens with zero attached hydrogens (tertiary/aromatic N) is 1. The van der Waals surface area contributed by atoms with Crippen LogP contribution < -0.4 is 5.73 Å². The second kappa shape index (κ2) is 9.86. The second-order valence-electron chi connectivity index (χ2n) is 6.14. The minimum atomic E-state index is -0.347. The highest BCUT2D eigenvalue weighted by molar-refractivity contribution is 5.85. The number of benzene rings is 1. The molecule has 124 valence electrons. The van der Waals surface area contributed by atoms with E-state index in [0.29, 0.717) is 12.6 Å². The zero-order valence-corrected chi connectivity index (χ0v) is 14.4. The molecule has 0 bridgehead atoms. The summed E-state index contributed by atoms with van der Waals surface area (Å²) in [7, 11) is 0. The van der Waals surface area contributed by atoms with Crippen LogP contribution in [0.4, 0.5) is 0 Å². The van der Waals surface area contributed by atoms with E-state index >= 15 is 0 Å². The molecule has 4 heteroatoms. The van der Waals surface area contributed by atoms with Crippen LogP contribution in [0.5, 0.6) is 0 Å². The van der Waals surface area contributed by atoms with Gasteiger partial charge in [-0.15, -0.1) is 12.4 Å². The molecule has 1 atom stereocenters. The van der Waals surface area contributed by atoms with Gasteiger partial charge in [-0.05, 0) is 24.8 Å². The number of rotatable bonds is 6. The van der Waals surface area contributed by atoms with Gasteiger partial charge < -0.3 is 10.6 Å². The molecule has 1 fully saturated rings. The van der Waals surface area contributed by atoms with E-state index in [4.69, 9.17) is 5.73 Å². The first-order valence-corrected chi connectivity index (χ1v) is 8.32. The summed E-state index contributed by atoms with van der Waals surface area (Å²) in [5, 5.41) is 0. The fraction of sp³-hybridized carbons (Fsp3) is 0.611. The smallest absolute Gasteiger partial charge is 0.240 e. The Labute approximate surface area is 140 Å². The molecular weight excluding hydrogens is 296 g/mol. The monoisotopic (exact) mass is 324 g/mol. The molecule has 0 radical (unpaired) electrons. The highest BCUT2D eigenvalue weighted by Crippen LogP contribution is 2.25. The van der Waals surface area contributed by atoms with Crippen LogP contribution >= 0.6 is 12.4 Å². The molecule has 1 aromatic rings. The third-order valence-electron chi connectivity index (χ3n) is 4.41. The average molecular weight is 325 g/mol. The lowest BCUT2D eigenvalue weighted by Gasteiger charge is -2.36. The topological polar surface area (TPSA) is 46.3 Å². The summed E-state index contributed by atoms with van der Waals surface area (Å²) >= 11 is 0. The van der Waals surface area contributed by atoms with Gasteiger partial charge in [0.1, 0.15) is 0 Å². The van der Waals surface area contributed by atoms with Crippen molar-refractivity contribution in [1.29, 1.82) is 0 Å². The average Bonchev–Trinajstić information content (AvgIpc) is 2.54. The van der Waals surface area contributed by atoms with Crippen molar-refractivity contribution in [3.8, 4) is 0 Å². The van der Waals surface area contributed by atoms with Gasteiger partial charge in [-0.25, -0.2) is 0 Å². The lowest BCUT2D eigenvalue weighted by Crippen LogP contribution is -2.48. The predicted octanol–water partition coefficient (Wildman–Crippen LogP) is 3.90. The number of nitrogens with two attached hydrogens (primary N) is 1. The highest BCUT2D eigenvalue weighted by atomic mass is 35.5. The van der Waals surface area contributed by atoms with Gasteiger partial charge in [-0.2, -0.15) is 0 Å². The van der Waals surface area contributed by atoms with Gasteiger partial charge in [-0.1, -0.05) is 62.9 Å². The zero-order chi connectivity index (χ0) is 15.1. The summed E-state index contributed by atoms with van der Waals surface area (Å²) < 4.78 is 0. The van der Waals surface area contributed by atoms with E-state index < -0.39 is 0 Å². The molecular formula is C18H29ClN2O. The third kappa shape index (κ3) is 5.29. The van der Waals surface area contributed by atoms with E-state index in [-0.39, 0.29) is 24.4 Å². The van der Waals surface area contributed by atoms with Crippen LogP contribution in [0.15, 0.2) is 30.3 Å². The first kappa shape index (κ1) is 19.0. The van der Waals surface area contributed by atoms with Gasteiger partial charge in [-0.3, -0.25) is 4.79 Å². The van der Waals surface area contributed by atoms with Gasteiger partial charge in [0.25, 0.3) is 0 Å². The standard InChI is InChI=1S/C18H28N2O.ClH/c1-2-9-17(19)18(21)20(16-12-7-4-8-13-16)14-15-10-5-3-6-11-15;/h3,5-6,10-11,16-17H,2,4,7-9,12-14,19H2,1H3;1H. The van der Waals surface area contributed by atoms with Crippen LogP contribution in [0.2, 0.25) is 0 Å². The first-order valence-electron chi connectivity index (χ1n) is 8.32. The zero-order valence-electron chi connectivity index (χ0n) is 13.5. The van der Waals surface area contributed by atoms with Gasteiger partial charge in [0, 0.05) is 12.6 Å². The SMILES string of the molecule is CCCC(N)C(=O)N(Cc1ccccc1)C1CCCCC1.Cl. The van der Waals surface area contributed by atoms with Gasteiger partial charge >= 0.3 is 0 Å². The maximum Gasteiger partial charge on any atom is 0.240 e. The molecule has 1 aliphatic carbocycles. The number of carbonyl (C=O) groups is 1. The molecule has 1 aliphatic rings. The largest absolute Gasteiger partial charge is 0.334 e. The molecule has 0 saturated heterocycles. The van der Waals surface area contributed by atoms with Crippen molar-refractivity contribution in [2.24, 2.45) is 5.73 Å². The van der Waals surface area contributed by atoms with Gasteiger partial charge in [0.2, 0.25) is 5.91 Å². The molecule has 2 N–H and O–H groups in total. The van der Waals surface area contributed by atoms with Crippen LogP contribution in [0.3, 0.4) is 0 Å². The van der Waals surface area contributed by atoms with Crippen molar-refractivity contribution in [1.82, 2.24) is 4.90 Å². The molecule has 22 heavy (non-hydrogen) atoms. The van der Waals surface area contributed by atoms with E-state index in [1.807, 2.05) is 18.2 Å². The van der Waals surface area contributed by atoms with E-state index in [2.05, 4.69) is 24.0 Å². The summed E-state index contributed by atoms with van der Waals surface area (Å²) in [5.41, 5.74) is 7.29. The molecule has 0 aliphatic heterocycles. The van der Waals surface area contributed by atoms with Crippen LogP contribution in [-0.4, -0.2) is 22.9 Å². The van der Waals surface area contributed by atoms with Crippen molar-refractivity contribution in [3.05, 3.63) is 35.9 Å². The number of carbonyl (C=O) groups excluding carboxylic acids is 1. The second-order valence-corrected chi connectivity index (χ2v) is 6.14. The quantitative estimate of drug-likeness (QED) is 0.862. The molecule has 1 saturated carbocycles. The lowest BCUT2D eigenvalue weighted by molar-refractivity contribution is -0.136. The number of amides is 1. The predicted molar refractivity (Wildman–Crippen MR) is 94.0 cm³/mol. The molecule has 1 amide bonds. The molecule has 1 unspecified atom stereocenters. The van der Waals surface area contributed by atoms with Crippen molar-refractivity contribution >= 4 is 18.3 Å². The summed E-state index contributed by atoms with van der Waals surface area (Å²) in [6, 6.07) is 10.3. The fourth-order valence-corrected chi connectivity index (χ4v) is 3.21. The van der Waals surface area contributed by atoms with Crippen molar-refractivity contribution in [2.45, 2.75) is 70.5 Å². The van der Waals surface area contributed by atoms with Crippen LogP contribution in [0.25, 0.3) is 0 Å². The van der Waals surface area contributed by atoms with E-state index in [9.17, 15) is 4.79 Å². The Morgan fingerprint density at radius 3 is 2.45 bits per heavy atom. The Bertz CT molecular complexity index is 432. The van der Waals surface area contributed by atoms with Crippen LogP contribution in [-0.2, 0) is 11.3 Å². The number of halogens is 1. The van der Waals surface area contributed by atoms with E-state index in [1.54, 1.807) is 0 Å². The maximum atomic E-state index is 12.7. The maximum absolute atomic E-state index is 12.7. The Kier molecular flexibility index (Phi) is 8.51. The summed E-state index contributed by atoms with van der Waals surface area (Å²) in [4.78, 5) is 14.8. The molecule has 2 rings (SSSR count). The van der Waals surface area contributed by atoms with Crippen LogP contribution in [0.1, 0.15) is 57.4 Å². The van der Waals surface area contributed by atoms with Gasteiger partial charge in [0.05, 0.1) is 6.04 Å². The van der Waals surface area contributed by atoms with Gasteiger partial charge in [0.15, 0.2) is 0 Å².